The van der Waals surface area contributed by atoms with Gasteiger partial charge < -0.3 is 24.4 Å². The number of hydrogen-bond donors (Lipinski definition) is 2. The van der Waals surface area contributed by atoms with E-state index in [2.05, 4.69) is 15.5 Å². The average molecular weight is 470 g/mol. The van der Waals surface area contributed by atoms with E-state index < -0.39 is 29.7 Å². The van der Waals surface area contributed by atoms with Crippen molar-refractivity contribution in [3.63, 3.8) is 0 Å². The average Bonchev–Trinajstić information content (AvgIpc) is 2.79. The van der Waals surface area contributed by atoms with E-state index in [0.29, 0.717) is 24.6 Å². The van der Waals surface area contributed by atoms with Crippen molar-refractivity contribution in [1.82, 2.24) is 0 Å². The third kappa shape index (κ3) is 7.48. The molecule has 1 unspecified atom stereocenters. The number of benzene rings is 2. The SMILES string of the molecule is CC(OC(=O)c1cccc(NC(=O)OC(C)(C)C)c1)C(=O)Nc1ccc(N2CCOCC2)cc1. The Morgan fingerprint density at radius 3 is 2.29 bits per heavy atom. The van der Waals surface area contributed by atoms with Gasteiger partial charge in [0.15, 0.2) is 6.10 Å². The van der Waals surface area contributed by atoms with E-state index in [1.807, 2.05) is 24.3 Å². The van der Waals surface area contributed by atoms with Crippen molar-refractivity contribution in [2.24, 2.45) is 0 Å². The molecular weight excluding hydrogens is 438 g/mol. The van der Waals surface area contributed by atoms with Crippen LogP contribution in [0.1, 0.15) is 38.1 Å². The number of nitrogens with zero attached hydrogens (tertiary/aromatic N) is 1. The molecule has 1 aliphatic heterocycles. The zero-order valence-electron chi connectivity index (χ0n) is 19.9. The predicted molar refractivity (Wildman–Crippen MR) is 129 cm³/mol. The highest BCUT2D eigenvalue weighted by molar-refractivity contribution is 5.98. The first-order valence-corrected chi connectivity index (χ1v) is 11.2. The molecule has 2 aromatic carbocycles. The lowest BCUT2D eigenvalue weighted by molar-refractivity contribution is -0.123. The first kappa shape index (κ1) is 25.0. The fraction of sp³-hybridized carbons (Fsp3) is 0.400. The fourth-order valence-corrected chi connectivity index (χ4v) is 3.25. The summed E-state index contributed by atoms with van der Waals surface area (Å²) >= 11 is 0. The fourth-order valence-electron chi connectivity index (χ4n) is 3.25. The van der Waals surface area contributed by atoms with E-state index in [1.54, 1.807) is 32.9 Å². The lowest BCUT2D eigenvalue weighted by Crippen LogP contribution is -2.36. The third-order valence-electron chi connectivity index (χ3n) is 4.91. The smallest absolute Gasteiger partial charge is 0.412 e. The Morgan fingerprint density at radius 2 is 1.65 bits per heavy atom. The van der Waals surface area contributed by atoms with Crippen LogP contribution in [-0.4, -0.2) is 56.0 Å². The van der Waals surface area contributed by atoms with E-state index in [0.717, 1.165) is 18.8 Å². The molecule has 2 amide bonds. The molecule has 2 N–H and O–H groups in total. The molecule has 182 valence electrons. The van der Waals surface area contributed by atoms with Gasteiger partial charge in [0, 0.05) is 30.2 Å². The maximum atomic E-state index is 12.5. The molecule has 1 saturated heterocycles. The van der Waals surface area contributed by atoms with Gasteiger partial charge in [0.25, 0.3) is 5.91 Å². The number of morpholine rings is 1. The Balaban J connectivity index is 1.53. The number of ether oxygens (including phenoxy) is 3. The van der Waals surface area contributed by atoms with Gasteiger partial charge in [-0.25, -0.2) is 9.59 Å². The van der Waals surface area contributed by atoms with Crippen molar-refractivity contribution in [3.8, 4) is 0 Å². The Morgan fingerprint density at radius 1 is 0.971 bits per heavy atom. The molecular formula is C25H31N3O6. The molecule has 0 aliphatic carbocycles. The molecule has 0 saturated carbocycles. The molecule has 0 bridgehead atoms. The van der Waals surface area contributed by atoms with Crippen LogP contribution < -0.4 is 15.5 Å². The number of rotatable bonds is 6. The molecule has 0 radical (unpaired) electrons. The largest absolute Gasteiger partial charge is 0.449 e. The summed E-state index contributed by atoms with van der Waals surface area (Å²) in [4.78, 5) is 39.2. The lowest BCUT2D eigenvalue weighted by Gasteiger charge is -2.28. The molecule has 3 rings (SSSR count). The van der Waals surface area contributed by atoms with Gasteiger partial charge in [0.05, 0.1) is 18.8 Å². The number of nitrogens with one attached hydrogen (secondary N) is 2. The molecule has 1 fully saturated rings. The van der Waals surface area contributed by atoms with E-state index in [4.69, 9.17) is 14.2 Å². The first-order chi connectivity index (χ1) is 16.1. The summed E-state index contributed by atoms with van der Waals surface area (Å²) in [5.41, 5.74) is 1.59. The highest BCUT2D eigenvalue weighted by Gasteiger charge is 2.21. The van der Waals surface area contributed by atoms with Crippen molar-refractivity contribution < 1.29 is 28.6 Å². The van der Waals surface area contributed by atoms with Crippen LogP contribution >= 0.6 is 0 Å². The first-order valence-electron chi connectivity index (χ1n) is 11.2. The maximum Gasteiger partial charge on any atom is 0.412 e. The molecule has 2 aromatic rings. The van der Waals surface area contributed by atoms with Crippen molar-refractivity contribution in [2.45, 2.75) is 39.4 Å². The topological polar surface area (TPSA) is 106 Å². The molecule has 1 heterocycles. The molecule has 1 aliphatic rings. The second kappa shape index (κ2) is 11.0. The van der Waals surface area contributed by atoms with Crippen LogP contribution in [0.3, 0.4) is 0 Å². The minimum absolute atomic E-state index is 0.197. The summed E-state index contributed by atoms with van der Waals surface area (Å²) in [6, 6.07) is 13.7. The second-order valence-electron chi connectivity index (χ2n) is 8.89. The van der Waals surface area contributed by atoms with Gasteiger partial charge in [-0.3, -0.25) is 10.1 Å². The third-order valence-corrected chi connectivity index (χ3v) is 4.91. The summed E-state index contributed by atoms with van der Waals surface area (Å²) in [6.45, 7) is 9.81. The highest BCUT2D eigenvalue weighted by atomic mass is 16.6. The summed E-state index contributed by atoms with van der Waals surface area (Å²) in [5.74, 6) is -1.13. The van der Waals surface area contributed by atoms with Crippen molar-refractivity contribution >= 4 is 35.0 Å². The number of anilines is 3. The quantitative estimate of drug-likeness (QED) is 0.615. The Bertz CT molecular complexity index is 1010. The molecule has 0 spiro atoms. The van der Waals surface area contributed by atoms with Gasteiger partial charge in [-0.05, 0) is 70.2 Å². The van der Waals surface area contributed by atoms with Gasteiger partial charge in [-0.15, -0.1) is 0 Å². The minimum atomic E-state index is -1.02. The number of esters is 1. The monoisotopic (exact) mass is 469 g/mol. The van der Waals surface area contributed by atoms with Crippen LogP contribution in [0, 0.1) is 0 Å². The zero-order chi connectivity index (χ0) is 24.7. The summed E-state index contributed by atoms with van der Waals surface area (Å²) in [6.07, 6.45) is -1.65. The lowest BCUT2D eigenvalue weighted by atomic mass is 10.2. The minimum Gasteiger partial charge on any atom is -0.449 e. The molecule has 0 aromatic heterocycles. The van der Waals surface area contributed by atoms with E-state index in [1.165, 1.54) is 19.1 Å². The number of amides is 2. The number of hydrogen-bond acceptors (Lipinski definition) is 7. The van der Waals surface area contributed by atoms with Crippen molar-refractivity contribution in [3.05, 3.63) is 54.1 Å². The van der Waals surface area contributed by atoms with Crippen LogP contribution in [0.2, 0.25) is 0 Å². The Hall–Kier alpha value is -3.59. The van der Waals surface area contributed by atoms with Crippen LogP contribution in [0.5, 0.6) is 0 Å². The van der Waals surface area contributed by atoms with Crippen LogP contribution in [0.4, 0.5) is 21.9 Å². The zero-order valence-corrected chi connectivity index (χ0v) is 19.9. The van der Waals surface area contributed by atoms with Crippen LogP contribution in [0.25, 0.3) is 0 Å². The molecule has 9 nitrogen and oxygen atoms in total. The standard InChI is InChI=1S/C25H31N3O6/c1-17(22(29)26-19-8-10-21(11-9-19)28-12-14-32-15-13-28)33-23(30)18-6-5-7-20(16-18)27-24(31)34-25(2,3)4/h5-11,16-17H,12-15H2,1-4H3,(H,26,29)(H,27,31). The predicted octanol–water partition coefficient (Wildman–Crippen LogP) is 4.05. The summed E-state index contributed by atoms with van der Waals surface area (Å²) < 4.78 is 15.9. The van der Waals surface area contributed by atoms with Gasteiger partial charge in [-0.2, -0.15) is 0 Å². The van der Waals surface area contributed by atoms with Gasteiger partial charge in [0.2, 0.25) is 0 Å². The van der Waals surface area contributed by atoms with E-state index in [-0.39, 0.29) is 5.56 Å². The van der Waals surface area contributed by atoms with Gasteiger partial charge >= 0.3 is 12.1 Å². The van der Waals surface area contributed by atoms with Gasteiger partial charge in [-0.1, -0.05) is 6.07 Å². The molecule has 9 heteroatoms. The van der Waals surface area contributed by atoms with Crippen molar-refractivity contribution in [2.75, 3.05) is 41.8 Å². The summed E-state index contributed by atoms with van der Waals surface area (Å²) in [7, 11) is 0. The Labute approximate surface area is 199 Å². The number of carbonyl (C=O) groups excluding carboxylic acids is 3. The van der Waals surface area contributed by atoms with Crippen LogP contribution in [0.15, 0.2) is 48.5 Å². The van der Waals surface area contributed by atoms with Crippen LogP contribution in [-0.2, 0) is 19.0 Å². The second-order valence-corrected chi connectivity index (χ2v) is 8.89. The molecule has 34 heavy (non-hydrogen) atoms. The molecule has 1 atom stereocenters. The summed E-state index contributed by atoms with van der Waals surface area (Å²) in [5, 5.41) is 5.33. The van der Waals surface area contributed by atoms with E-state index >= 15 is 0 Å². The Kier molecular flexibility index (Phi) is 8.12. The maximum absolute atomic E-state index is 12.5. The van der Waals surface area contributed by atoms with Crippen molar-refractivity contribution in [1.29, 1.82) is 0 Å². The highest BCUT2D eigenvalue weighted by Crippen LogP contribution is 2.20. The van der Waals surface area contributed by atoms with E-state index in [9.17, 15) is 14.4 Å². The number of carbonyl (C=O) groups is 3. The van der Waals surface area contributed by atoms with Gasteiger partial charge in [0.1, 0.15) is 5.60 Å². The normalized spacial score (nSPS) is 14.6.